The predicted octanol–water partition coefficient (Wildman–Crippen LogP) is 8.79. The first-order valence-electron chi connectivity index (χ1n) is 11.0. The van der Waals surface area contributed by atoms with Gasteiger partial charge in [0.05, 0.1) is 0 Å². The molecular formula is C23H48. The monoisotopic (exact) mass is 324 g/mol. The van der Waals surface area contributed by atoms with Crippen LogP contribution >= 0.6 is 0 Å². The molecule has 2 unspecified atom stereocenters. The summed E-state index contributed by atoms with van der Waals surface area (Å²) in [4.78, 5) is 0. The highest BCUT2D eigenvalue weighted by Gasteiger charge is 2.30. The van der Waals surface area contributed by atoms with Crippen molar-refractivity contribution >= 4 is 0 Å². The SMILES string of the molecule is CCCCCCC(CCCCC)C(CCCCCC)C(C)(C)C. The molecule has 0 aliphatic heterocycles. The van der Waals surface area contributed by atoms with E-state index in [1.54, 1.807) is 0 Å². The lowest BCUT2D eigenvalue weighted by atomic mass is 9.67. The first kappa shape index (κ1) is 23.0. The van der Waals surface area contributed by atoms with E-state index in [0.717, 1.165) is 11.8 Å². The van der Waals surface area contributed by atoms with Crippen LogP contribution in [0.1, 0.15) is 131 Å². The smallest absolute Gasteiger partial charge is 0.0337 e. The van der Waals surface area contributed by atoms with E-state index in [0.29, 0.717) is 5.41 Å². The highest BCUT2D eigenvalue weighted by atomic mass is 14.4. The summed E-state index contributed by atoms with van der Waals surface area (Å²) < 4.78 is 0. The second-order valence-electron chi connectivity index (χ2n) is 8.93. The van der Waals surface area contributed by atoms with Gasteiger partial charge in [-0.05, 0) is 23.7 Å². The summed E-state index contributed by atoms with van der Waals surface area (Å²) in [5, 5.41) is 0. The maximum absolute atomic E-state index is 2.50. The van der Waals surface area contributed by atoms with Gasteiger partial charge in [-0.25, -0.2) is 0 Å². The molecular weight excluding hydrogens is 276 g/mol. The molecule has 0 saturated carbocycles. The summed E-state index contributed by atoms with van der Waals surface area (Å²) in [7, 11) is 0. The van der Waals surface area contributed by atoms with E-state index in [1.165, 1.54) is 89.9 Å². The summed E-state index contributed by atoms with van der Waals surface area (Å²) in [6.45, 7) is 14.5. The van der Waals surface area contributed by atoms with Crippen LogP contribution in [0, 0.1) is 17.3 Å². The molecule has 0 saturated heterocycles. The standard InChI is InChI=1S/C23H48/c1-7-10-13-16-19-21(18-15-12-9-3)22(23(4,5)6)20-17-14-11-8-2/h21-22H,7-20H2,1-6H3. The fourth-order valence-electron chi connectivity index (χ4n) is 4.20. The van der Waals surface area contributed by atoms with Crippen LogP contribution in [0.15, 0.2) is 0 Å². The predicted molar refractivity (Wildman–Crippen MR) is 108 cm³/mol. The second kappa shape index (κ2) is 14.4. The Hall–Kier alpha value is 0. The molecule has 0 N–H and O–H groups in total. The van der Waals surface area contributed by atoms with Crippen LogP contribution in [0.5, 0.6) is 0 Å². The summed E-state index contributed by atoms with van der Waals surface area (Å²) in [5.41, 5.74) is 0.480. The summed E-state index contributed by atoms with van der Waals surface area (Å²) in [6.07, 6.45) is 20.1. The molecule has 0 aromatic rings. The van der Waals surface area contributed by atoms with E-state index in [4.69, 9.17) is 0 Å². The Bertz CT molecular complexity index is 235. The van der Waals surface area contributed by atoms with Gasteiger partial charge >= 0.3 is 0 Å². The second-order valence-corrected chi connectivity index (χ2v) is 8.93. The summed E-state index contributed by atoms with van der Waals surface area (Å²) in [6, 6.07) is 0. The Kier molecular flexibility index (Phi) is 14.4. The molecule has 0 bridgehead atoms. The Labute approximate surface area is 149 Å². The maximum atomic E-state index is 2.50. The van der Waals surface area contributed by atoms with Gasteiger partial charge in [0.2, 0.25) is 0 Å². The van der Waals surface area contributed by atoms with Crippen molar-refractivity contribution in [3.8, 4) is 0 Å². The highest BCUT2D eigenvalue weighted by Crippen LogP contribution is 2.41. The molecule has 0 fully saturated rings. The third-order valence-corrected chi connectivity index (χ3v) is 5.66. The first-order chi connectivity index (χ1) is 11.0. The lowest BCUT2D eigenvalue weighted by molar-refractivity contribution is 0.123. The minimum absolute atomic E-state index is 0.480. The van der Waals surface area contributed by atoms with Crippen molar-refractivity contribution in [2.24, 2.45) is 17.3 Å². The molecule has 0 aromatic carbocycles. The first-order valence-corrected chi connectivity index (χ1v) is 11.0. The minimum atomic E-state index is 0.480. The third-order valence-electron chi connectivity index (χ3n) is 5.66. The van der Waals surface area contributed by atoms with Crippen LogP contribution in [0.3, 0.4) is 0 Å². The van der Waals surface area contributed by atoms with Gasteiger partial charge in [0.15, 0.2) is 0 Å². The van der Waals surface area contributed by atoms with Gasteiger partial charge in [-0.2, -0.15) is 0 Å². The summed E-state index contributed by atoms with van der Waals surface area (Å²) in [5.74, 6) is 1.90. The lowest BCUT2D eigenvalue weighted by Crippen LogP contribution is -2.28. The van der Waals surface area contributed by atoms with Gasteiger partial charge in [-0.1, -0.05) is 125 Å². The largest absolute Gasteiger partial charge is 0.0654 e. The van der Waals surface area contributed by atoms with Crippen molar-refractivity contribution in [3.05, 3.63) is 0 Å². The Morgan fingerprint density at radius 2 is 0.913 bits per heavy atom. The van der Waals surface area contributed by atoms with E-state index in [2.05, 4.69) is 41.5 Å². The van der Waals surface area contributed by atoms with Gasteiger partial charge in [0.25, 0.3) is 0 Å². The molecule has 0 heteroatoms. The number of unbranched alkanes of at least 4 members (excludes halogenated alkanes) is 8. The zero-order valence-corrected chi connectivity index (χ0v) is 17.6. The number of hydrogen-bond acceptors (Lipinski definition) is 0. The van der Waals surface area contributed by atoms with Crippen molar-refractivity contribution in [2.45, 2.75) is 131 Å². The van der Waals surface area contributed by atoms with Crippen molar-refractivity contribution in [1.82, 2.24) is 0 Å². The fraction of sp³-hybridized carbons (Fsp3) is 1.00. The van der Waals surface area contributed by atoms with Crippen LogP contribution in [-0.4, -0.2) is 0 Å². The Balaban J connectivity index is 4.60. The Morgan fingerprint density at radius 1 is 0.522 bits per heavy atom. The molecule has 0 rings (SSSR count). The molecule has 0 amide bonds. The van der Waals surface area contributed by atoms with E-state index in [-0.39, 0.29) is 0 Å². The highest BCUT2D eigenvalue weighted by molar-refractivity contribution is 4.81. The van der Waals surface area contributed by atoms with Crippen LogP contribution in [-0.2, 0) is 0 Å². The molecule has 0 nitrogen and oxygen atoms in total. The van der Waals surface area contributed by atoms with Crippen molar-refractivity contribution in [2.75, 3.05) is 0 Å². The van der Waals surface area contributed by atoms with Gasteiger partial charge in [-0.15, -0.1) is 0 Å². The number of rotatable bonds is 15. The minimum Gasteiger partial charge on any atom is -0.0654 e. The van der Waals surface area contributed by atoms with Gasteiger partial charge in [0.1, 0.15) is 0 Å². The van der Waals surface area contributed by atoms with E-state index >= 15 is 0 Å². The molecule has 2 atom stereocenters. The summed E-state index contributed by atoms with van der Waals surface area (Å²) >= 11 is 0. The van der Waals surface area contributed by atoms with Crippen molar-refractivity contribution in [1.29, 1.82) is 0 Å². The van der Waals surface area contributed by atoms with Crippen LogP contribution in [0.4, 0.5) is 0 Å². The Morgan fingerprint density at radius 3 is 1.35 bits per heavy atom. The van der Waals surface area contributed by atoms with E-state index < -0.39 is 0 Å². The quantitative estimate of drug-likeness (QED) is 0.264. The zero-order valence-electron chi connectivity index (χ0n) is 17.6. The molecule has 23 heavy (non-hydrogen) atoms. The topological polar surface area (TPSA) is 0 Å². The molecule has 0 radical (unpaired) electrons. The normalized spacial score (nSPS) is 14.9. The van der Waals surface area contributed by atoms with Crippen LogP contribution < -0.4 is 0 Å². The van der Waals surface area contributed by atoms with E-state index in [9.17, 15) is 0 Å². The van der Waals surface area contributed by atoms with Crippen molar-refractivity contribution < 1.29 is 0 Å². The average molecular weight is 325 g/mol. The number of hydrogen-bond donors (Lipinski definition) is 0. The van der Waals surface area contributed by atoms with Gasteiger partial charge in [0, 0.05) is 0 Å². The molecule has 0 heterocycles. The van der Waals surface area contributed by atoms with Crippen molar-refractivity contribution in [3.63, 3.8) is 0 Å². The zero-order chi connectivity index (χ0) is 17.6. The fourth-order valence-corrected chi connectivity index (χ4v) is 4.20. The van der Waals surface area contributed by atoms with E-state index in [1.807, 2.05) is 0 Å². The van der Waals surface area contributed by atoms with Gasteiger partial charge < -0.3 is 0 Å². The maximum Gasteiger partial charge on any atom is -0.0337 e. The third kappa shape index (κ3) is 12.1. The molecule has 0 aromatic heterocycles. The van der Waals surface area contributed by atoms with Crippen LogP contribution in [0.25, 0.3) is 0 Å². The molecule has 0 spiro atoms. The van der Waals surface area contributed by atoms with Crippen LogP contribution in [0.2, 0.25) is 0 Å². The molecule has 0 aliphatic rings. The lowest BCUT2D eigenvalue weighted by Gasteiger charge is -2.38. The van der Waals surface area contributed by atoms with Gasteiger partial charge in [-0.3, -0.25) is 0 Å². The molecule has 0 aliphatic carbocycles. The molecule has 140 valence electrons. The average Bonchev–Trinajstić information content (AvgIpc) is 2.49.